The number of hydrogen-bond acceptors (Lipinski definition) is 4. The number of Topliss-reactive ketones (excluding diaryl/α,β-unsaturated/α-hetero) is 1. The molecule has 0 aliphatic rings. The van der Waals surface area contributed by atoms with Crippen molar-refractivity contribution in [2.45, 2.75) is 39.8 Å². The maximum Gasteiger partial charge on any atom is 0.304 e. The summed E-state index contributed by atoms with van der Waals surface area (Å²) in [5.41, 5.74) is 1.53. The summed E-state index contributed by atoms with van der Waals surface area (Å²) in [6, 6.07) is 5.54. The SMILES string of the molecule is COc1ccc(C(C)=O)cc1CN(CCC(=O)O)C(C)C. The Morgan fingerprint density at radius 1 is 1.33 bits per heavy atom. The smallest absolute Gasteiger partial charge is 0.304 e. The summed E-state index contributed by atoms with van der Waals surface area (Å²) in [5, 5.41) is 8.83. The summed E-state index contributed by atoms with van der Waals surface area (Å²) in [6.07, 6.45) is 0.0902. The lowest BCUT2D eigenvalue weighted by atomic mass is 10.1. The van der Waals surface area contributed by atoms with Crippen LogP contribution in [0.3, 0.4) is 0 Å². The van der Waals surface area contributed by atoms with Crippen LogP contribution in [-0.4, -0.2) is 41.5 Å². The first-order valence-corrected chi connectivity index (χ1v) is 6.98. The van der Waals surface area contributed by atoms with Crippen molar-refractivity contribution in [2.24, 2.45) is 0 Å². The standard InChI is InChI=1S/C16H23NO4/c1-11(2)17(8-7-16(19)20)10-14-9-13(12(3)18)5-6-15(14)21-4/h5-6,9,11H,7-8,10H2,1-4H3,(H,19,20). The number of carbonyl (C=O) groups excluding carboxylic acids is 1. The highest BCUT2D eigenvalue weighted by Gasteiger charge is 2.15. The molecular formula is C16H23NO4. The highest BCUT2D eigenvalue weighted by molar-refractivity contribution is 5.94. The fourth-order valence-electron chi connectivity index (χ4n) is 2.10. The molecule has 0 atom stereocenters. The second-order valence-electron chi connectivity index (χ2n) is 5.29. The van der Waals surface area contributed by atoms with E-state index in [-0.39, 0.29) is 18.2 Å². The summed E-state index contributed by atoms with van der Waals surface area (Å²) in [5.74, 6) is -0.105. The first kappa shape index (κ1) is 17.2. The average molecular weight is 293 g/mol. The molecule has 116 valence electrons. The molecule has 0 fully saturated rings. The third kappa shape index (κ3) is 5.19. The van der Waals surface area contributed by atoms with E-state index in [0.717, 1.165) is 5.56 Å². The average Bonchev–Trinajstić information content (AvgIpc) is 2.42. The molecule has 0 bridgehead atoms. The molecule has 0 aliphatic heterocycles. The van der Waals surface area contributed by atoms with Gasteiger partial charge in [0.25, 0.3) is 0 Å². The molecular weight excluding hydrogens is 270 g/mol. The Balaban J connectivity index is 2.97. The third-order valence-electron chi connectivity index (χ3n) is 3.40. The van der Waals surface area contributed by atoms with Crippen LogP contribution in [0.5, 0.6) is 5.75 Å². The number of benzene rings is 1. The molecule has 0 radical (unpaired) electrons. The Morgan fingerprint density at radius 3 is 2.48 bits per heavy atom. The molecule has 0 saturated carbocycles. The molecule has 0 spiro atoms. The molecule has 21 heavy (non-hydrogen) atoms. The molecule has 5 nitrogen and oxygen atoms in total. The van der Waals surface area contributed by atoms with Gasteiger partial charge in [-0.05, 0) is 39.0 Å². The molecule has 0 aromatic heterocycles. The van der Waals surface area contributed by atoms with Gasteiger partial charge in [0, 0.05) is 30.3 Å². The predicted molar refractivity (Wildman–Crippen MR) is 80.8 cm³/mol. The molecule has 0 amide bonds. The van der Waals surface area contributed by atoms with E-state index in [1.807, 2.05) is 19.9 Å². The molecule has 0 unspecified atom stereocenters. The number of carbonyl (C=O) groups is 2. The van der Waals surface area contributed by atoms with Crippen molar-refractivity contribution in [3.8, 4) is 5.75 Å². The highest BCUT2D eigenvalue weighted by Crippen LogP contribution is 2.23. The Morgan fingerprint density at radius 2 is 2.00 bits per heavy atom. The van der Waals surface area contributed by atoms with Crippen LogP contribution >= 0.6 is 0 Å². The second kappa shape index (κ2) is 7.78. The minimum absolute atomic E-state index is 0.000496. The van der Waals surface area contributed by atoms with Gasteiger partial charge in [-0.1, -0.05) is 0 Å². The van der Waals surface area contributed by atoms with Crippen molar-refractivity contribution in [2.75, 3.05) is 13.7 Å². The molecule has 5 heteroatoms. The summed E-state index contributed by atoms with van der Waals surface area (Å²) in [6.45, 7) is 6.57. The monoisotopic (exact) mass is 293 g/mol. The van der Waals surface area contributed by atoms with Crippen molar-refractivity contribution >= 4 is 11.8 Å². The molecule has 0 aliphatic carbocycles. The van der Waals surface area contributed by atoms with Crippen molar-refractivity contribution in [1.82, 2.24) is 4.90 Å². The number of methoxy groups -OCH3 is 1. The summed E-state index contributed by atoms with van der Waals surface area (Å²) in [7, 11) is 1.59. The number of carboxylic acid groups (broad SMARTS) is 1. The van der Waals surface area contributed by atoms with Gasteiger partial charge in [0.05, 0.1) is 13.5 Å². The third-order valence-corrected chi connectivity index (χ3v) is 3.40. The molecule has 1 aromatic rings. The largest absolute Gasteiger partial charge is 0.496 e. The minimum Gasteiger partial charge on any atom is -0.496 e. The lowest BCUT2D eigenvalue weighted by Gasteiger charge is -2.26. The van der Waals surface area contributed by atoms with Crippen molar-refractivity contribution in [3.63, 3.8) is 0 Å². The molecule has 1 rings (SSSR count). The zero-order valence-electron chi connectivity index (χ0n) is 13.0. The van der Waals surface area contributed by atoms with Crippen LogP contribution in [0.1, 0.15) is 43.1 Å². The van der Waals surface area contributed by atoms with E-state index in [9.17, 15) is 9.59 Å². The Hall–Kier alpha value is -1.88. The van der Waals surface area contributed by atoms with Gasteiger partial charge in [-0.15, -0.1) is 0 Å². The highest BCUT2D eigenvalue weighted by atomic mass is 16.5. The first-order valence-electron chi connectivity index (χ1n) is 6.98. The lowest BCUT2D eigenvalue weighted by molar-refractivity contribution is -0.137. The summed E-state index contributed by atoms with van der Waals surface area (Å²) in [4.78, 5) is 24.3. The van der Waals surface area contributed by atoms with Crippen LogP contribution in [0.4, 0.5) is 0 Å². The van der Waals surface area contributed by atoms with Gasteiger partial charge < -0.3 is 9.84 Å². The van der Waals surface area contributed by atoms with E-state index in [0.29, 0.717) is 24.4 Å². The number of aliphatic carboxylic acids is 1. The van der Waals surface area contributed by atoms with Crippen LogP contribution in [0.15, 0.2) is 18.2 Å². The fraction of sp³-hybridized carbons (Fsp3) is 0.500. The fourth-order valence-corrected chi connectivity index (χ4v) is 2.10. The minimum atomic E-state index is -0.815. The van der Waals surface area contributed by atoms with Gasteiger partial charge in [-0.3, -0.25) is 14.5 Å². The number of nitrogens with zero attached hydrogens (tertiary/aromatic N) is 1. The molecule has 0 saturated heterocycles. The summed E-state index contributed by atoms with van der Waals surface area (Å²) >= 11 is 0. The Bertz CT molecular complexity index is 511. The topological polar surface area (TPSA) is 66.8 Å². The van der Waals surface area contributed by atoms with E-state index in [4.69, 9.17) is 9.84 Å². The van der Waals surface area contributed by atoms with Crippen LogP contribution in [0.25, 0.3) is 0 Å². The number of ketones is 1. The van der Waals surface area contributed by atoms with E-state index in [1.165, 1.54) is 6.92 Å². The van der Waals surface area contributed by atoms with Gasteiger partial charge in [-0.2, -0.15) is 0 Å². The van der Waals surface area contributed by atoms with Crippen molar-refractivity contribution in [1.29, 1.82) is 0 Å². The van der Waals surface area contributed by atoms with Crippen LogP contribution in [0.2, 0.25) is 0 Å². The number of carboxylic acids is 1. The van der Waals surface area contributed by atoms with Gasteiger partial charge in [0.2, 0.25) is 0 Å². The molecule has 1 N–H and O–H groups in total. The predicted octanol–water partition coefficient (Wildman–Crippen LogP) is 2.58. The Kier molecular flexibility index (Phi) is 6.37. The van der Waals surface area contributed by atoms with E-state index < -0.39 is 5.97 Å². The normalized spacial score (nSPS) is 11.0. The summed E-state index contributed by atoms with van der Waals surface area (Å²) < 4.78 is 5.33. The van der Waals surface area contributed by atoms with Crippen molar-refractivity contribution in [3.05, 3.63) is 29.3 Å². The van der Waals surface area contributed by atoms with Gasteiger partial charge in [-0.25, -0.2) is 0 Å². The Labute approximate surface area is 125 Å². The van der Waals surface area contributed by atoms with E-state index >= 15 is 0 Å². The van der Waals surface area contributed by atoms with Crippen LogP contribution in [-0.2, 0) is 11.3 Å². The maximum atomic E-state index is 11.5. The number of rotatable bonds is 8. The first-order chi connectivity index (χ1) is 9.85. The lowest BCUT2D eigenvalue weighted by Crippen LogP contribution is -2.32. The van der Waals surface area contributed by atoms with Crippen molar-refractivity contribution < 1.29 is 19.4 Å². The zero-order valence-corrected chi connectivity index (χ0v) is 13.0. The number of ether oxygens (including phenoxy) is 1. The van der Waals surface area contributed by atoms with Crippen LogP contribution < -0.4 is 4.74 Å². The molecule has 1 aromatic carbocycles. The van der Waals surface area contributed by atoms with Gasteiger partial charge in [0.1, 0.15) is 5.75 Å². The number of hydrogen-bond donors (Lipinski definition) is 1. The zero-order chi connectivity index (χ0) is 16.0. The van der Waals surface area contributed by atoms with Gasteiger partial charge in [0.15, 0.2) is 5.78 Å². The van der Waals surface area contributed by atoms with E-state index in [2.05, 4.69) is 4.90 Å². The maximum absolute atomic E-state index is 11.5. The van der Waals surface area contributed by atoms with Gasteiger partial charge >= 0.3 is 5.97 Å². The quantitative estimate of drug-likeness (QED) is 0.746. The molecule has 0 heterocycles. The van der Waals surface area contributed by atoms with E-state index in [1.54, 1.807) is 19.2 Å². The van der Waals surface area contributed by atoms with Crippen LogP contribution in [0, 0.1) is 0 Å². The second-order valence-corrected chi connectivity index (χ2v) is 5.29.